The van der Waals surface area contributed by atoms with Gasteiger partial charge in [0, 0.05) is 11.8 Å². The zero-order chi connectivity index (χ0) is 14.7. The van der Waals surface area contributed by atoms with Gasteiger partial charge in [0.25, 0.3) is 0 Å². The summed E-state index contributed by atoms with van der Waals surface area (Å²) < 4.78 is 0. The SMILES string of the molecule is CCc1ccc(O)cc1C1=C(O)[C@H]2[C@H]3CC[C@H](C3)[C@H]2C1=O. The first-order valence-corrected chi connectivity index (χ1v) is 7.91. The van der Waals surface area contributed by atoms with E-state index in [9.17, 15) is 15.0 Å². The number of hydrogen-bond donors (Lipinski definition) is 2. The maximum atomic E-state index is 12.9. The molecule has 2 saturated carbocycles. The van der Waals surface area contributed by atoms with Crippen molar-refractivity contribution in [1.29, 1.82) is 0 Å². The Kier molecular flexibility index (Phi) is 2.69. The van der Waals surface area contributed by atoms with E-state index in [2.05, 4.69) is 0 Å². The number of rotatable bonds is 2. The van der Waals surface area contributed by atoms with E-state index in [0.29, 0.717) is 17.4 Å². The summed E-state index contributed by atoms with van der Waals surface area (Å²) in [6.07, 6.45) is 4.14. The average molecular weight is 284 g/mol. The van der Waals surface area contributed by atoms with Gasteiger partial charge in [-0.25, -0.2) is 0 Å². The van der Waals surface area contributed by atoms with E-state index in [-0.39, 0.29) is 29.1 Å². The van der Waals surface area contributed by atoms with Gasteiger partial charge < -0.3 is 10.2 Å². The van der Waals surface area contributed by atoms with Gasteiger partial charge in [-0.1, -0.05) is 13.0 Å². The fraction of sp³-hybridized carbons (Fsp3) is 0.500. The Labute approximate surface area is 124 Å². The zero-order valence-corrected chi connectivity index (χ0v) is 12.2. The monoisotopic (exact) mass is 284 g/mol. The van der Waals surface area contributed by atoms with Crippen molar-refractivity contribution in [3.05, 3.63) is 35.1 Å². The number of Topliss-reactive ketones (excluding diaryl/α,β-unsaturated/α-hetero) is 1. The molecule has 4 rings (SSSR count). The van der Waals surface area contributed by atoms with Crippen molar-refractivity contribution < 1.29 is 15.0 Å². The number of fused-ring (bicyclic) bond motifs is 5. The third-order valence-corrected chi connectivity index (χ3v) is 5.78. The lowest BCUT2D eigenvalue weighted by Crippen LogP contribution is -2.24. The van der Waals surface area contributed by atoms with E-state index < -0.39 is 0 Å². The third-order valence-electron chi connectivity index (χ3n) is 5.78. The molecule has 0 unspecified atom stereocenters. The summed E-state index contributed by atoms with van der Waals surface area (Å²) in [5, 5.41) is 20.5. The van der Waals surface area contributed by atoms with E-state index in [1.807, 2.05) is 13.0 Å². The molecule has 0 aromatic heterocycles. The van der Waals surface area contributed by atoms with Crippen molar-refractivity contribution in [2.24, 2.45) is 23.7 Å². The molecular formula is C18H20O3. The molecule has 3 heteroatoms. The Hall–Kier alpha value is -1.77. The van der Waals surface area contributed by atoms with E-state index in [1.54, 1.807) is 12.1 Å². The molecule has 3 aliphatic rings. The molecule has 21 heavy (non-hydrogen) atoms. The number of hydrogen-bond acceptors (Lipinski definition) is 3. The molecule has 2 N–H and O–H groups in total. The van der Waals surface area contributed by atoms with Crippen LogP contribution in [0.15, 0.2) is 24.0 Å². The van der Waals surface area contributed by atoms with Crippen LogP contribution in [-0.4, -0.2) is 16.0 Å². The van der Waals surface area contributed by atoms with Crippen molar-refractivity contribution in [2.75, 3.05) is 0 Å². The number of carbonyl (C=O) groups is 1. The van der Waals surface area contributed by atoms with Gasteiger partial charge in [-0.15, -0.1) is 0 Å². The number of benzene rings is 1. The Bertz CT molecular complexity index is 658. The summed E-state index contributed by atoms with van der Waals surface area (Å²) in [4.78, 5) is 12.9. The quantitative estimate of drug-likeness (QED) is 0.874. The summed E-state index contributed by atoms with van der Waals surface area (Å²) in [5.74, 6) is 1.50. The number of aryl methyl sites for hydroxylation is 1. The first kappa shape index (κ1) is 12.9. The molecule has 0 saturated heterocycles. The number of carbonyl (C=O) groups excluding carboxylic acids is 1. The van der Waals surface area contributed by atoms with Gasteiger partial charge in [-0.05, 0) is 60.8 Å². The van der Waals surface area contributed by atoms with Gasteiger partial charge in [-0.2, -0.15) is 0 Å². The number of aromatic hydroxyl groups is 1. The number of ketones is 1. The van der Waals surface area contributed by atoms with Crippen LogP contribution < -0.4 is 0 Å². The topological polar surface area (TPSA) is 57.5 Å². The van der Waals surface area contributed by atoms with Crippen LogP contribution in [0.2, 0.25) is 0 Å². The molecule has 0 amide bonds. The summed E-state index contributed by atoms with van der Waals surface area (Å²) in [5.41, 5.74) is 2.22. The zero-order valence-electron chi connectivity index (χ0n) is 12.2. The average Bonchev–Trinajstić information content (AvgIpc) is 3.13. The van der Waals surface area contributed by atoms with Crippen molar-refractivity contribution in [3.8, 4) is 5.75 Å². The fourth-order valence-electron chi connectivity index (χ4n) is 4.90. The number of allylic oxidation sites excluding steroid dienone is 2. The molecule has 3 nitrogen and oxygen atoms in total. The Morgan fingerprint density at radius 3 is 2.52 bits per heavy atom. The predicted molar refractivity (Wildman–Crippen MR) is 79.9 cm³/mol. The lowest BCUT2D eigenvalue weighted by atomic mass is 9.80. The van der Waals surface area contributed by atoms with Crippen LogP contribution >= 0.6 is 0 Å². The molecule has 4 atom stereocenters. The summed E-state index contributed by atoms with van der Waals surface area (Å²) in [6, 6.07) is 5.12. The van der Waals surface area contributed by atoms with Gasteiger partial charge in [0.1, 0.15) is 11.5 Å². The Balaban J connectivity index is 1.85. The highest BCUT2D eigenvalue weighted by molar-refractivity contribution is 6.25. The van der Waals surface area contributed by atoms with Crippen molar-refractivity contribution in [3.63, 3.8) is 0 Å². The van der Waals surface area contributed by atoms with Gasteiger partial charge >= 0.3 is 0 Å². The summed E-state index contributed by atoms with van der Waals surface area (Å²) in [6.45, 7) is 2.03. The number of phenols is 1. The minimum atomic E-state index is -0.00851. The highest BCUT2D eigenvalue weighted by Gasteiger charge is 2.57. The van der Waals surface area contributed by atoms with Crippen LogP contribution in [0.3, 0.4) is 0 Å². The largest absolute Gasteiger partial charge is 0.511 e. The second-order valence-corrected chi connectivity index (χ2v) is 6.70. The molecule has 0 radical (unpaired) electrons. The van der Waals surface area contributed by atoms with E-state index in [0.717, 1.165) is 36.8 Å². The molecular weight excluding hydrogens is 264 g/mol. The highest BCUT2D eigenvalue weighted by atomic mass is 16.3. The molecule has 110 valence electrons. The van der Waals surface area contributed by atoms with E-state index in [4.69, 9.17) is 0 Å². The maximum Gasteiger partial charge on any atom is 0.170 e. The lowest BCUT2D eigenvalue weighted by Gasteiger charge is -2.23. The first-order valence-electron chi connectivity index (χ1n) is 7.91. The molecule has 1 aromatic carbocycles. The standard InChI is InChI=1S/C18H20O3/c1-2-9-5-6-12(19)8-13(9)16-17(20)14-10-3-4-11(7-10)15(14)18(16)21/h5-6,8,10-11,14-15,19-20H,2-4,7H2,1H3/t10-,11+,14-,15+/m0/s1. The molecule has 0 aliphatic heterocycles. The van der Waals surface area contributed by atoms with Crippen LogP contribution in [0.1, 0.15) is 37.3 Å². The minimum absolute atomic E-state index is 0.00851. The molecule has 0 heterocycles. The Morgan fingerprint density at radius 2 is 1.86 bits per heavy atom. The lowest BCUT2D eigenvalue weighted by molar-refractivity contribution is -0.118. The number of aliphatic hydroxyl groups excluding tert-OH is 1. The number of phenolic OH excluding ortho intramolecular Hbond substituents is 1. The molecule has 3 aliphatic carbocycles. The smallest absolute Gasteiger partial charge is 0.170 e. The summed E-state index contributed by atoms with van der Waals surface area (Å²) >= 11 is 0. The van der Waals surface area contributed by atoms with Gasteiger partial charge in [0.05, 0.1) is 5.57 Å². The van der Waals surface area contributed by atoms with Crippen molar-refractivity contribution in [1.82, 2.24) is 0 Å². The second-order valence-electron chi connectivity index (χ2n) is 6.70. The van der Waals surface area contributed by atoms with Crippen LogP contribution in [-0.2, 0) is 11.2 Å². The van der Waals surface area contributed by atoms with Crippen LogP contribution in [0.4, 0.5) is 0 Å². The Morgan fingerprint density at radius 1 is 1.14 bits per heavy atom. The van der Waals surface area contributed by atoms with Gasteiger partial charge in [0.2, 0.25) is 0 Å². The molecule has 0 spiro atoms. The van der Waals surface area contributed by atoms with Crippen LogP contribution in [0.25, 0.3) is 5.57 Å². The first-order chi connectivity index (χ1) is 10.1. The van der Waals surface area contributed by atoms with Crippen LogP contribution in [0, 0.1) is 23.7 Å². The highest BCUT2D eigenvalue weighted by Crippen LogP contribution is 2.60. The summed E-state index contributed by atoms with van der Waals surface area (Å²) in [7, 11) is 0. The maximum absolute atomic E-state index is 12.9. The van der Waals surface area contributed by atoms with E-state index >= 15 is 0 Å². The normalized spacial score (nSPS) is 33.9. The molecule has 2 fully saturated rings. The molecule has 1 aromatic rings. The van der Waals surface area contributed by atoms with E-state index in [1.165, 1.54) is 0 Å². The van der Waals surface area contributed by atoms with Gasteiger partial charge in [0.15, 0.2) is 5.78 Å². The second kappa shape index (κ2) is 4.36. The third kappa shape index (κ3) is 1.63. The van der Waals surface area contributed by atoms with Crippen molar-refractivity contribution in [2.45, 2.75) is 32.6 Å². The predicted octanol–water partition coefficient (Wildman–Crippen LogP) is 3.47. The fourth-order valence-corrected chi connectivity index (χ4v) is 4.90. The molecule has 2 bridgehead atoms. The number of aliphatic hydroxyl groups is 1. The van der Waals surface area contributed by atoms with Crippen molar-refractivity contribution >= 4 is 11.4 Å². The van der Waals surface area contributed by atoms with Gasteiger partial charge in [-0.3, -0.25) is 4.79 Å². The minimum Gasteiger partial charge on any atom is -0.511 e. The van der Waals surface area contributed by atoms with Crippen LogP contribution in [0.5, 0.6) is 5.75 Å².